The molecule has 9 nitrogen and oxygen atoms in total. The van der Waals surface area contributed by atoms with E-state index >= 15 is 0 Å². The Morgan fingerprint density at radius 1 is 0.886 bits per heavy atom. The van der Waals surface area contributed by atoms with E-state index in [1.165, 1.54) is 6.42 Å². The van der Waals surface area contributed by atoms with Crippen molar-refractivity contribution in [2.45, 2.75) is 130 Å². The second-order valence-corrected chi connectivity index (χ2v) is 15.5. The number of carbonyl (C=O) groups excluding carboxylic acids is 4. The van der Waals surface area contributed by atoms with E-state index in [4.69, 9.17) is 9.31 Å². The van der Waals surface area contributed by atoms with Crippen LogP contribution in [0.3, 0.4) is 0 Å². The molecule has 13 heteroatoms. The van der Waals surface area contributed by atoms with Crippen LogP contribution >= 0.6 is 18.5 Å². The number of carbonyl (C=O) groups is 4. The highest BCUT2D eigenvalue weighted by molar-refractivity contribution is 7.16. The van der Waals surface area contributed by atoms with Gasteiger partial charge in [-0.15, -0.1) is 18.5 Å². The number of Topliss-reactive ketones (excluding diaryl/α,β-unsaturated/α-hetero) is 2. The number of amides is 2. The first-order valence-electron chi connectivity index (χ1n) is 16.4. The number of rotatable bonds is 14. The molecule has 1 aliphatic heterocycles. The van der Waals surface area contributed by atoms with Crippen LogP contribution in [-0.2, 0) is 28.5 Å². The minimum Gasteiger partial charge on any atom is -0.450 e. The quantitative estimate of drug-likeness (QED) is 0.190. The molecular formula is C31H58B2N2O7P2. The topological polar surface area (TPSA) is 131 Å². The summed E-state index contributed by atoms with van der Waals surface area (Å²) in [5, 5.41) is 14.8. The van der Waals surface area contributed by atoms with Crippen LogP contribution in [0, 0.1) is 29.1 Å². The third kappa shape index (κ3) is 9.37. The van der Waals surface area contributed by atoms with Crippen molar-refractivity contribution >= 4 is 55.9 Å². The summed E-state index contributed by atoms with van der Waals surface area (Å²) >= 11 is 0. The lowest BCUT2D eigenvalue weighted by Crippen LogP contribution is -2.65. The number of nitrogens with one attached hydrogen (secondary N) is 2. The molecule has 3 N–H and O–H groups in total. The molecule has 1 heterocycles. The molecule has 3 aliphatic carbocycles. The zero-order valence-electron chi connectivity index (χ0n) is 28.6. The number of hydrogen-bond donors (Lipinski definition) is 3. The standard InChI is InChI=1S/C20H35BNO4P.C11H23BNO3P/c1-11(10-27)18(24)22-13(3)15(23)7-12(2)21-25-17-9-14-8-16(19(14,4)5)20(17,6)26-21;1-7(6-17)11(15)13-9(3)10(14)5-8(2)12(4)16/h11-14,16-17H,7-10,27H2,1-6H3,(H,22,24);7-9,16H,5-6,17H2,1-4H3,(H,13,15)/t11?,12-,13?,14+,16+,17-,20+;7?,8-,9?/m11/s1. The molecule has 6 unspecified atom stereocenters. The smallest absolute Gasteiger partial charge is 0.450 e. The molecule has 4 aliphatic rings. The van der Waals surface area contributed by atoms with E-state index in [9.17, 15) is 24.2 Å². The summed E-state index contributed by atoms with van der Waals surface area (Å²) in [6.07, 6.45) is 4.41. The Labute approximate surface area is 271 Å². The Morgan fingerprint density at radius 3 is 1.80 bits per heavy atom. The summed E-state index contributed by atoms with van der Waals surface area (Å²) in [7, 11) is 4.73. The van der Waals surface area contributed by atoms with Crippen LogP contribution in [0.5, 0.6) is 0 Å². The molecule has 44 heavy (non-hydrogen) atoms. The van der Waals surface area contributed by atoms with Gasteiger partial charge in [0.2, 0.25) is 11.8 Å². The van der Waals surface area contributed by atoms with Gasteiger partial charge in [-0.25, -0.2) is 0 Å². The van der Waals surface area contributed by atoms with Crippen molar-refractivity contribution < 1.29 is 33.5 Å². The molecular weight excluding hydrogens is 596 g/mol. The Morgan fingerprint density at radius 2 is 1.36 bits per heavy atom. The van der Waals surface area contributed by atoms with Gasteiger partial charge in [0.05, 0.1) is 23.8 Å². The summed E-state index contributed by atoms with van der Waals surface area (Å²) in [6, 6.07) is -0.965. The van der Waals surface area contributed by atoms with Gasteiger partial charge in [-0.05, 0) is 74.8 Å². The molecule has 0 radical (unpaired) electrons. The summed E-state index contributed by atoms with van der Waals surface area (Å²) in [5.74, 6) is 0.720. The van der Waals surface area contributed by atoms with Gasteiger partial charge in [-0.1, -0.05) is 48.4 Å². The van der Waals surface area contributed by atoms with Gasteiger partial charge in [-0.3, -0.25) is 19.2 Å². The van der Waals surface area contributed by atoms with E-state index in [-0.39, 0.29) is 72.1 Å². The first kappa shape index (κ1) is 39.3. The Balaban J connectivity index is 0.000000345. The summed E-state index contributed by atoms with van der Waals surface area (Å²) in [4.78, 5) is 48.0. The van der Waals surface area contributed by atoms with Gasteiger partial charge in [0.1, 0.15) is 0 Å². The van der Waals surface area contributed by atoms with Gasteiger partial charge in [0, 0.05) is 24.7 Å². The lowest BCUT2D eigenvalue weighted by molar-refractivity contribution is -0.199. The molecule has 250 valence electrons. The fourth-order valence-corrected chi connectivity index (χ4v) is 6.91. The first-order valence-corrected chi connectivity index (χ1v) is 18.0. The van der Waals surface area contributed by atoms with Gasteiger partial charge in [-0.2, -0.15) is 0 Å². The van der Waals surface area contributed by atoms with Crippen molar-refractivity contribution in [1.29, 1.82) is 0 Å². The van der Waals surface area contributed by atoms with Crippen LogP contribution in [0.4, 0.5) is 0 Å². The van der Waals surface area contributed by atoms with E-state index < -0.39 is 19.0 Å². The summed E-state index contributed by atoms with van der Waals surface area (Å²) in [6.45, 7) is 19.0. The average Bonchev–Trinajstić information content (AvgIpc) is 3.33. The van der Waals surface area contributed by atoms with Gasteiger partial charge in [0.15, 0.2) is 11.6 Å². The highest BCUT2D eigenvalue weighted by atomic mass is 31.0. The molecule has 2 bridgehead atoms. The highest BCUT2D eigenvalue weighted by Gasteiger charge is 2.68. The molecule has 2 amide bonds. The van der Waals surface area contributed by atoms with Crippen LogP contribution < -0.4 is 10.6 Å². The fourth-order valence-electron chi connectivity index (χ4n) is 6.49. The van der Waals surface area contributed by atoms with Gasteiger partial charge >= 0.3 is 7.12 Å². The van der Waals surface area contributed by atoms with E-state index in [1.807, 2.05) is 27.7 Å². The second kappa shape index (κ2) is 16.3. The molecule has 0 aromatic rings. The molecule has 12 atom stereocenters. The van der Waals surface area contributed by atoms with Crippen molar-refractivity contribution in [3.63, 3.8) is 0 Å². The van der Waals surface area contributed by atoms with Gasteiger partial charge < -0.3 is 25.0 Å². The Kier molecular flexibility index (Phi) is 14.6. The third-order valence-corrected chi connectivity index (χ3v) is 12.0. The van der Waals surface area contributed by atoms with Crippen molar-refractivity contribution in [2.75, 3.05) is 12.3 Å². The molecule has 4 fully saturated rings. The zero-order chi connectivity index (χ0) is 33.7. The minimum atomic E-state index is -0.507. The maximum atomic E-state index is 12.6. The van der Waals surface area contributed by atoms with E-state index in [0.29, 0.717) is 36.0 Å². The zero-order valence-corrected chi connectivity index (χ0v) is 31.0. The third-order valence-electron chi connectivity index (χ3n) is 10.6. The fraction of sp³-hybridized carbons (Fsp3) is 0.871. The van der Waals surface area contributed by atoms with Crippen LogP contribution in [0.1, 0.15) is 88.0 Å². The van der Waals surface area contributed by atoms with Crippen LogP contribution in [-0.4, -0.2) is 78.6 Å². The number of ketones is 2. The highest BCUT2D eigenvalue weighted by Crippen LogP contribution is 2.66. The van der Waals surface area contributed by atoms with E-state index in [2.05, 4.69) is 49.9 Å². The molecule has 0 aromatic carbocycles. The summed E-state index contributed by atoms with van der Waals surface area (Å²) in [5.41, 5.74) is 0.0733. The van der Waals surface area contributed by atoms with Crippen molar-refractivity contribution in [2.24, 2.45) is 29.1 Å². The predicted molar refractivity (Wildman–Crippen MR) is 185 cm³/mol. The lowest BCUT2D eigenvalue weighted by atomic mass is 9.43. The summed E-state index contributed by atoms with van der Waals surface area (Å²) < 4.78 is 12.7. The number of hydrogen-bond acceptors (Lipinski definition) is 7. The van der Waals surface area contributed by atoms with Crippen molar-refractivity contribution in [3.05, 3.63) is 0 Å². The molecule has 0 aromatic heterocycles. The van der Waals surface area contributed by atoms with Crippen LogP contribution in [0.2, 0.25) is 18.5 Å². The van der Waals surface area contributed by atoms with Crippen molar-refractivity contribution in [3.8, 4) is 0 Å². The first-order chi connectivity index (χ1) is 20.3. The molecule has 3 saturated carbocycles. The predicted octanol–water partition coefficient (Wildman–Crippen LogP) is 4.05. The maximum absolute atomic E-state index is 12.6. The van der Waals surface area contributed by atoms with Crippen molar-refractivity contribution in [1.82, 2.24) is 10.6 Å². The maximum Gasteiger partial charge on any atom is 0.461 e. The largest absolute Gasteiger partial charge is 0.461 e. The van der Waals surface area contributed by atoms with Gasteiger partial charge in [0.25, 0.3) is 6.92 Å². The molecule has 0 spiro atoms. The molecule has 1 saturated heterocycles. The molecule has 4 rings (SSSR count). The average molecular weight is 654 g/mol. The minimum absolute atomic E-state index is 0.0289. The Bertz CT molecular complexity index is 1030. The second-order valence-electron chi connectivity index (χ2n) is 14.6. The van der Waals surface area contributed by atoms with E-state index in [1.54, 1.807) is 20.7 Å². The lowest BCUT2D eigenvalue weighted by Gasteiger charge is -2.64. The van der Waals surface area contributed by atoms with Crippen LogP contribution in [0.15, 0.2) is 0 Å². The normalized spacial score (nSPS) is 28.8. The van der Waals surface area contributed by atoms with E-state index in [0.717, 1.165) is 6.42 Å². The Hall–Kier alpha value is -0.850. The SMILES string of the molecule is CB(O)[C@H](C)CC(=O)C(C)NC(=O)C(C)CP.CC(CP)C(=O)NC(C)C(=O)C[C@@H](C)B1O[C@@H]2C[C@@H]3C[C@@H](C3(C)C)[C@]2(C)O1. The van der Waals surface area contributed by atoms with Crippen LogP contribution in [0.25, 0.3) is 0 Å². The monoisotopic (exact) mass is 654 g/mol.